The van der Waals surface area contributed by atoms with E-state index in [1.54, 1.807) is 41.0 Å². The summed E-state index contributed by atoms with van der Waals surface area (Å²) in [6, 6.07) is 20.8. The number of halogens is 3. The van der Waals surface area contributed by atoms with Gasteiger partial charge < -0.3 is 19.1 Å². The Morgan fingerprint density at radius 1 is 0.929 bits per heavy atom. The number of imidazole rings is 1. The van der Waals surface area contributed by atoms with Crippen molar-refractivity contribution in [3.63, 3.8) is 0 Å². The van der Waals surface area contributed by atoms with Gasteiger partial charge in [-0.05, 0) is 41.8 Å². The molecule has 3 aromatic carbocycles. The maximum Gasteiger partial charge on any atom is 0.435 e. The summed E-state index contributed by atoms with van der Waals surface area (Å²) in [6.45, 7) is 3.83. The first-order valence-corrected chi connectivity index (χ1v) is 13.9. The molecular weight excluding hydrogens is 547 g/mol. The van der Waals surface area contributed by atoms with Crippen LogP contribution in [0, 0.1) is 0 Å². The molecule has 1 N–H and O–H groups in total. The number of alkyl halides is 3. The molecule has 0 atom stereocenters. The third kappa shape index (κ3) is 6.76. The molecule has 42 heavy (non-hydrogen) atoms. The predicted molar refractivity (Wildman–Crippen MR) is 151 cm³/mol. The molecule has 7 nitrogen and oxygen atoms in total. The van der Waals surface area contributed by atoms with Gasteiger partial charge in [-0.3, -0.25) is 4.90 Å². The molecule has 0 saturated heterocycles. The van der Waals surface area contributed by atoms with E-state index in [0.717, 1.165) is 17.5 Å². The number of unbranched alkanes of at least 4 members (excludes halogenated alkanes) is 1. The van der Waals surface area contributed by atoms with Gasteiger partial charge in [0.1, 0.15) is 19.0 Å². The Balaban J connectivity index is 1.56. The highest BCUT2D eigenvalue weighted by atomic mass is 19.4. The molecule has 10 heteroatoms. The number of carbonyl (C=O) groups is 1. The van der Waals surface area contributed by atoms with Crippen LogP contribution in [0.4, 0.5) is 13.2 Å². The molecule has 1 aromatic heterocycles. The Labute approximate surface area is 242 Å². The van der Waals surface area contributed by atoms with Crippen molar-refractivity contribution < 1.29 is 32.5 Å². The minimum absolute atomic E-state index is 0.0342. The van der Waals surface area contributed by atoms with Crippen LogP contribution in [0.2, 0.25) is 0 Å². The molecule has 0 amide bonds. The summed E-state index contributed by atoms with van der Waals surface area (Å²) in [5.74, 6) is 0.472. The molecule has 5 rings (SSSR count). The molecule has 0 saturated carbocycles. The van der Waals surface area contributed by atoms with E-state index in [4.69, 9.17) is 9.47 Å². The number of ether oxygens (including phenoxy) is 2. The number of rotatable bonds is 11. The van der Waals surface area contributed by atoms with Gasteiger partial charge in [0, 0.05) is 31.7 Å². The summed E-state index contributed by atoms with van der Waals surface area (Å²) in [6.07, 6.45) is -3.15. The normalized spacial score (nSPS) is 13.0. The lowest BCUT2D eigenvalue weighted by molar-refractivity contribution is -0.141. The molecule has 0 unspecified atom stereocenters. The van der Waals surface area contributed by atoms with Gasteiger partial charge in [0.15, 0.2) is 17.2 Å². The standard InChI is InChI=1S/C32H32F3N3O4/c1-2-3-15-38-26(29(32(33,34)35)36-30(38)24-7-5-4-6-8-24)21-37(19-22-9-12-25(13-10-22)31(39)40)20-23-11-14-27-28(18-23)42-17-16-41-27/h4-14,18H,2-3,15-17,19-21H2,1H3,(H,39,40). The zero-order chi connectivity index (χ0) is 29.7. The lowest BCUT2D eigenvalue weighted by atomic mass is 10.1. The van der Waals surface area contributed by atoms with Crippen LogP contribution in [0.3, 0.4) is 0 Å². The van der Waals surface area contributed by atoms with Crippen LogP contribution in [-0.2, 0) is 32.4 Å². The van der Waals surface area contributed by atoms with E-state index in [2.05, 4.69) is 4.98 Å². The highest BCUT2D eigenvalue weighted by molar-refractivity contribution is 5.87. The van der Waals surface area contributed by atoms with Crippen molar-refractivity contribution in [3.05, 3.63) is 101 Å². The summed E-state index contributed by atoms with van der Waals surface area (Å²) >= 11 is 0. The van der Waals surface area contributed by atoms with E-state index in [1.807, 2.05) is 36.1 Å². The van der Waals surface area contributed by atoms with E-state index < -0.39 is 17.8 Å². The van der Waals surface area contributed by atoms with Crippen molar-refractivity contribution in [1.82, 2.24) is 14.5 Å². The zero-order valence-corrected chi connectivity index (χ0v) is 23.2. The van der Waals surface area contributed by atoms with E-state index in [1.165, 1.54) is 12.1 Å². The number of aromatic nitrogens is 2. The summed E-state index contributed by atoms with van der Waals surface area (Å²) in [7, 11) is 0. The van der Waals surface area contributed by atoms with Crippen LogP contribution in [0.25, 0.3) is 11.4 Å². The lowest BCUT2D eigenvalue weighted by Gasteiger charge is -2.26. The van der Waals surface area contributed by atoms with Gasteiger partial charge in [-0.25, -0.2) is 9.78 Å². The SMILES string of the molecule is CCCCn1c(-c2ccccc2)nc(C(F)(F)F)c1CN(Cc1ccc(C(=O)O)cc1)Cc1ccc2c(c1)OCCO2. The second-order valence-corrected chi connectivity index (χ2v) is 10.2. The minimum atomic E-state index is -4.65. The van der Waals surface area contributed by atoms with Crippen LogP contribution in [-0.4, -0.2) is 38.7 Å². The predicted octanol–water partition coefficient (Wildman–Crippen LogP) is 7.04. The number of nitrogens with zero attached hydrogens (tertiary/aromatic N) is 3. The van der Waals surface area contributed by atoms with Crippen molar-refractivity contribution in [2.75, 3.05) is 13.2 Å². The molecule has 0 bridgehead atoms. The van der Waals surface area contributed by atoms with Gasteiger partial charge in [-0.15, -0.1) is 0 Å². The monoisotopic (exact) mass is 579 g/mol. The maximum atomic E-state index is 14.5. The van der Waals surface area contributed by atoms with Crippen molar-refractivity contribution in [1.29, 1.82) is 0 Å². The Morgan fingerprint density at radius 2 is 1.60 bits per heavy atom. The molecule has 0 radical (unpaired) electrons. The average molecular weight is 580 g/mol. The molecule has 220 valence electrons. The Bertz CT molecular complexity index is 1520. The fourth-order valence-corrected chi connectivity index (χ4v) is 5.07. The topological polar surface area (TPSA) is 76.8 Å². The van der Waals surface area contributed by atoms with Crippen molar-refractivity contribution in [2.45, 2.75) is 52.1 Å². The minimum Gasteiger partial charge on any atom is -0.486 e. The maximum absolute atomic E-state index is 14.5. The number of aromatic carboxylic acids is 1. The third-order valence-corrected chi connectivity index (χ3v) is 7.10. The van der Waals surface area contributed by atoms with Gasteiger partial charge in [-0.1, -0.05) is 61.9 Å². The number of carboxylic acid groups (broad SMARTS) is 1. The van der Waals surface area contributed by atoms with Gasteiger partial charge in [-0.2, -0.15) is 13.2 Å². The molecule has 1 aliphatic heterocycles. The largest absolute Gasteiger partial charge is 0.486 e. The molecule has 0 aliphatic carbocycles. The van der Waals surface area contributed by atoms with Crippen LogP contribution in [0.1, 0.15) is 52.6 Å². The van der Waals surface area contributed by atoms with Crippen LogP contribution in [0.5, 0.6) is 11.5 Å². The first kappa shape index (κ1) is 29.2. The summed E-state index contributed by atoms with van der Waals surface area (Å²) in [5, 5.41) is 9.30. The van der Waals surface area contributed by atoms with Crippen molar-refractivity contribution in [2.24, 2.45) is 0 Å². The van der Waals surface area contributed by atoms with Gasteiger partial charge in [0.2, 0.25) is 0 Å². The van der Waals surface area contributed by atoms with Gasteiger partial charge >= 0.3 is 12.1 Å². The zero-order valence-electron chi connectivity index (χ0n) is 23.2. The molecule has 1 aliphatic rings. The second kappa shape index (κ2) is 12.7. The second-order valence-electron chi connectivity index (χ2n) is 10.2. The fraction of sp³-hybridized carbons (Fsp3) is 0.312. The van der Waals surface area contributed by atoms with Gasteiger partial charge in [0.05, 0.1) is 11.3 Å². The van der Waals surface area contributed by atoms with Crippen LogP contribution < -0.4 is 9.47 Å². The fourth-order valence-electron chi connectivity index (χ4n) is 5.07. The Hall–Kier alpha value is -4.31. The summed E-state index contributed by atoms with van der Waals surface area (Å²) in [4.78, 5) is 17.4. The highest BCUT2D eigenvalue weighted by Gasteiger charge is 2.39. The third-order valence-electron chi connectivity index (χ3n) is 7.10. The molecular formula is C32H32F3N3O4. The first-order chi connectivity index (χ1) is 20.2. The van der Waals surface area contributed by atoms with E-state index in [9.17, 15) is 23.1 Å². The molecule has 0 fully saturated rings. The number of hydrogen-bond acceptors (Lipinski definition) is 5. The number of benzene rings is 3. The van der Waals surface area contributed by atoms with E-state index >= 15 is 0 Å². The molecule has 0 spiro atoms. The van der Waals surface area contributed by atoms with E-state index in [-0.39, 0.29) is 30.2 Å². The summed E-state index contributed by atoms with van der Waals surface area (Å²) < 4.78 is 56.6. The Morgan fingerprint density at radius 3 is 2.26 bits per heavy atom. The average Bonchev–Trinajstić information content (AvgIpc) is 3.35. The molecule has 4 aromatic rings. The first-order valence-electron chi connectivity index (χ1n) is 13.9. The van der Waals surface area contributed by atoms with Crippen LogP contribution in [0.15, 0.2) is 72.8 Å². The summed E-state index contributed by atoms with van der Waals surface area (Å²) in [5.41, 5.74) is 1.57. The quantitative estimate of drug-likeness (QED) is 0.205. The highest BCUT2D eigenvalue weighted by Crippen LogP contribution is 2.36. The number of hydrogen-bond donors (Lipinski definition) is 1. The lowest BCUT2D eigenvalue weighted by Crippen LogP contribution is -2.26. The number of fused-ring (bicyclic) bond motifs is 1. The smallest absolute Gasteiger partial charge is 0.435 e. The van der Waals surface area contributed by atoms with Crippen LogP contribution >= 0.6 is 0 Å². The molecule has 2 heterocycles. The number of carboxylic acids is 1. The Kier molecular flexibility index (Phi) is 8.82. The van der Waals surface area contributed by atoms with Gasteiger partial charge in [0.25, 0.3) is 0 Å². The van der Waals surface area contributed by atoms with Crippen molar-refractivity contribution in [3.8, 4) is 22.9 Å². The van der Waals surface area contributed by atoms with E-state index in [0.29, 0.717) is 49.8 Å². The van der Waals surface area contributed by atoms with Crippen molar-refractivity contribution >= 4 is 5.97 Å².